The average Bonchev–Trinajstić information content (AvgIpc) is 2.35. The first-order chi connectivity index (χ1) is 8.83. The van der Waals surface area contributed by atoms with Gasteiger partial charge in [-0.3, -0.25) is 9.59 Å². The zero-order chi connectivity index (χ0) is 14.5. The van der Waals surface area contributed by atoms with E-state index < -0.39 is 23.1 Å². The number of hydrogen-bond donors (Lipinski definition) is 2. The van der Waals surface area contributed by atoms with E-state index in [1.54, 1.807) is 6.07 Å². The van der Waals surface area contributed by atoms with Gasteiger partial charge in [-0.1, -0.05) is 12.1 Å². The first-order valence-electron chi connectivity index (χ1n) is 5.76. The number of halogens is 1. The molecule has 6 heteroatoms. The third kappa shape index (κ3) is 4.57. The first kappa shape index (κ1) is 14.9. The molecule has 0 saturated heterocycles. The van der Waals surface area contributed by atoms with Gasteiger partial charge in [-0.15, -0.1) is 0 Å². The van der Waals surface area contributed by atoms with Gasteiger partial charge in [0, 0.05) is 6.42 Å². The summed E-state index contributed by atoms with van der Waals surface area (Å²) in [5.74, 6) is -2.16. The van der Waals surface area contributed by atoms with Crippen LogP contribution in [0.3, 0.4) is 0 Å². The molecular formula is C13H16FNO4. The van der Waals surface area contributed by atoms with Crippen molar-refractivity contribution in [1.29, 1.82) is 0 Å². The topological polar surface area (TPSA) is 75.6 Å². The van der Waals surface area contributed by atoms with Gasteiger partial charge in [0.2, 0.25) is 0 Å². The van der Waals surface area contributed by atoms with E-state index in [9.17, 15) is 14.0 Å². The molecule has 0 bridgehead atoms. The van der Waals surface area contributed by atoms with Crippen molar-refractivity contribution in [2.24, 2.45) is 5.41 Å². The van der Waals surface area contributed by atoms with Crippen LogP contribution in [-0.4, -0.2) is 17.0 Å². The number of hydroxylamine groups is 1. The second-order valence-electron chi connectivity index (χ2n) is 4.75. The molecule has 1 aromatic rings. The number of nitrogens with one attached hydrogen (secondary N) is 1. The summed E-state index contributed by atoms with van der Waals surface area (Å²) >= 11 is 0. The normalized spacial score (nSPS) is 10.9. The predicted octanol–water partition coefficient (Wildman–Crippen LogP) is 2.13. The number of carboxylic acids is 1. The van der Waals surface area contributed by atoms with E-state index in [0.29, 0.717) is 0 Å². The summed E-state index contributed by atoms with van der Waals surface area (Å²) in [6.45, 7) is 3.06. The third-order valence-corrected chi connectivity index (χ3v) is 2.67. The van der Waals surface area contributed by atoms with E-state index in [1.807, 2.05) is 0 Å². The van der Waals surface area contributed by atoms with Crippen molar-refractivity contribution in [3.8, 4) is 5.75 Å². The van der Waals surface area contributed by atoms with Gasteiger partial charge in [0.15, 0.2) is 11.6 Å². The number of carbonyl (C=O) groups excluding carboxylic acids is 1. The lowest BCUT2D eigenvalue weighted by atomic mass is 9.88. The fourth-order valence-corrected chi connectivity index (χ4v) is 1.22. The van der Waals surface area contributed by atoms with E-state index in [-0.39, 0.29) is 18.6 Å². The molecule has 2 N–H and O–H groups in total. The lowest BCUT2D eigenvalue weighted by Crippen LogP contribution is -2.30. The molecule has 19 heavy (non-hydrogen) atoms. The van der Waals surface area contributed by atoms with Crippen LogP contribution in [0.1, 0.15) is 26.7 Å². The van der Waals surface area contributed by atoms with Crippen LogP contribution in [0.25, 0.3) is 0 Å². The molecule has 0 saturated carbocycles. The molecule has 0 unspecified atom stereocenters. The maximum atomic E-state index is 13.2. The summed E-state index contributed by atoms with van der Waals surface area (Å²) in [4.78, 5) is 27.1. The average molecular weight is 269 g/mol. The fourth-order valence-electron chi connectivity index (χ4n) is 1.22. The highest BCUT2D eigenvalue weighted by atomic mass is 19.1. The molecular weight excluding hydrogens is 253 g/mol. The Bertz CT molecular complexity index is 473. The van der Waals surface area contributed by atoms with Gasteiger partial charge in [-0.05, 0) is 32.4 Å². The zero-order valence-corrected chi connectivity index (χ0v) is 10.8. The van der Waals surface area contributed by atoms with E-state index in [1.165, 1.54) is 32.0 Å². The highest BCUT2D eigenvalue weighted by Gasteiger charge is 2.27. The maximum absolute atomic E-state index is 13.2. The van der Waals surface area contributed by atoms with Crippen molar-refractivity contribution in [2.45, 2.75) is 26.7 Å². The van der Waals surface area contributed by atoms with Crippen LogP contribution < -0.4 is 10.3 Å². The molecule has 0 heterocycles. The van der Waals surface area contributed by atoms with Crippen LogP contribution in [0.4, 0.5) is 4.39 Å². The summed E-state index contributed by atoms with van der Waals surface area (Å²) in [6, 6.07) is 5.64. The number of carbonyl (C=O) groups is 2. The van der Waals surface area contributed by atoms with Gasteiger partial charge >= 0.3 is 5.97 Å². The number of amides is 1. The number of aliphatic carboxylic acids is 1. The summed E-state index contributed by atoms with van der Waals surface area (Å²) in [5.41, 5.74) is 1.09. The minimum atomic E-state index is -0.991. The molecule has 0 fully saturated rings. The predicted molar refractivity (Wildman–Crippen MR) is 65.8 cm³/mol. The van der Waals surface area contributed by atoms with E-state index in [2.05, 4.69) is 5.48 Å². The van der Waals surface area contributed by atoms with E-state index in [4.69, 9.17) is 9.94 Å². The Kier molecular flexibility index (Phi) is 4.86. The minimum Gasteiger partial charge on any atom is -0.481 e. The summed E-state index contributed by atoms with van der Waals surface area (Å²) < 4.78 is 13.2. The molecule has 0 aliphatic rings. The molecule has 1 amide bonds. The van der Waals surface area contributed by atoms with Crippen LogP contribution >= 0.6 is 0 Å². The Balaban J connectivity index is 2.41. The Morgan fingerprint density at radius 1 is 1.37 bits per heavy atom. The third-order valence-electron chi connectivity index (χ3n) is 2.67. The van der Waals surface area contributed by atoms with Gasteiger partial charge < -0.3 is 9.94 Å². The highest BCUT2D eigenvalue weighted by molar-refractivity contribution is 5.77. The Labute approximate surface area is 110 Å². The molecule has 0 aromatic heterocycles. The van der Waals surface area contributed by atoms with Gasteiger partial charge in [-0.2, -0.15) is 5.48 Å². The Morgan fingerprint density at radius 2 is 2.00 bits per heavy atom. The number of benzene rings is 1. The minimum absolute atomic E-state index is 0.0201. The second-order valence-corrected chi connectivity index (χ2v) is 4.75. The largest absolute Gasteiger partial charge is 0.481 e. The van der Waals surface area contributed by atoms with Crippen LogP contribution in [-0.2, 0) is 9.59 Å². The molecule has 1 rings (SSSR count). The summed E-state index contributed by atoms with van der Waals surface area (Å²) in [6.07, 6.45) is 0.141. The van der Waals surface area contributed by atoms with Crippen molar-refractivity contribution in [1.82, 2.24) is 5.48 Å². The smallest absolute Gasteiger partial charge is 0.309 e. The van der Waals surface area contributed by atoms with Crippen molar-refractivity contribution < 1.29 is 23.9 Å². The van der Waals surface area contributed by atoms with Crippen molar-refractivity contribution in [2.75, 3.05) is 0 Å². The van der Waals surface area contributed by atoms with Gasteiger partial charge in [0.1, 0.15) is 0 Å². The monoisotopic (exact) mass is 269 g/mol. The quantitative estimate of drug-likeness (QED) is 0.776. The van der Waals surface area contributed by atoms with Crippen LogP contribution in [0, 0.1) is 11.2 Å². The molecule has 0 aliphatic heterocycles. The number of hydrogen-bond acceptors (Lipinski definition) is 3. The standard InChI is InChI=1S/C13H16FNO4/c1-13(2,12(17)18)8-7-11(16)15-19-10-6-4-3-5-9(10)14/h3-6H,7-8H2,1-2H3,(H,15,16)(H,17,18). The molecule has 0 atom stereocenters. The van der Waals surface area contributed by atoms with Crippen LogP contribution in [0.15, 0.2) is 24.3 Å². The van der Waals surface area contributed by atoms with Gasteiger partial charge in [-0.25, -0.2) is 4.39 Å². The fraction of sp³-hybridized carbons (Fsp3) is 0.385. The lowest BCUT2D eigenvalue weighted by molar-refractivity contribution is -0.147. The van der Waals surface area contributed by atoms with Crippen LogP contribution in [0.5, 0.6) is 5.75 Å². The summed E-state index contributed by atoms with van der Waals surface area (Å²) in [5, 5.41) is 8.89. The first-order valence-corrected chi connectivity index (χ1v) is 5.76. The SMILES string of the molecule is CC(C)(CCC(=O)NOc1ccccc1F)C(=O)O. The summed E-state index contributed by atoms with van der Waals surface area (Å²) in [7, 11) is 0. The van der Waals surface area contributed by atoms with Crippen molar-refractivity contribution in [3.63, 3.8) is 0 Å². The number of rotatable bonds is 6. The molecule has 0 radical (unpaired) electrons. The molecule has 5 nitrogen and oxygen atoms in total. The Morgan fingerprint density at radius 3 is 2.58 bits per heavy atom. The molecule has 1 aromatic carbocycles. The van der Waals surface area contributed by atoms with E-state index in [0.717, 1.165) is 0 Å². The van der Waals surface area contributed by atoms with Gasteiger partial charge in [0.25, 0.3) is 5.91 Å². The molecule has 0 aliphatic carbocycles. The zero-order valence-electron chi connectivity index (χ0n) is 10.8. The second kappa shape index (κ2) is 6.17. The maximum Gasteiger partial charge on any atom is 0.309 e. The lowest BCUT2D eigenvalue weighted by Gasteiger charge is -2.18. The van der Waals surface area contributed by atoms with Crippen molar-refractivity contribution in [3.05, 3.63) is 30.1 Å². The number of carboxylic acid groups (broad SMARTS) is 1. The van der Waals surface area contributed by atoms with Gasteiger partial charge in [0.05, 0.1) is 5.41 Å². The van der Waals surface area contributed by atoms with Crippen molar-refractivity contribution >= 4 is 11.9 Å². The number of para-hydroxylation sites is 1. The van der Waals surface area contributed by atoms with E-state index >= 15 is 0 Å². The Hall–Kier alpha value is -2.11. The van der Waals surface area contributed by atoms with Crippen LogP contribution in [0.2, 0.25) is 0 Å². The molecule has 0 spiro atoms. The molecule has 104 valence electrons. The highest BCUT2D eigenvalue weighted by Crippen LogP contribution is 2.22.